The Morgan fingerprint density at radius 3 is 2.89 bits per heavy atom. The Kier molecular flexibility index (Phi) is 3.79. The second-order valence-electron chi connectivity index (χ2n) is 4.28. The van der Waals surface area contributed by atoms with Gasteiger partial charge < -0.3 is 15.3 Å². The molecule has 6 nitrogen and oxygen atoms in total. The van der Waals surface area contributed by atoms with Gasteiger partial charge in [0.15, 0.2) is 0 Å². The second-order valence-corrected chi connectivity index (χ2v) is 4.28. The maximum atomic E-state index is 11.7. The van der Waals surface area contributed by atoms with Crippen molar-refractivity contribution < 1.29 is 19.5 Å². The highest BCUT2D eigenvalue weighted by Gasteiger charge is 2.27. The smallest absolute Gasteiger partial charge is 0.316 e. The summed E-state index contributed by atoms with van der Waals surface area (Å²) in [5, 5.41) is 11.1. The fourth-order valence-corrected chi connectivity index (χ4v) is 1.96. The average Bonchev–Trinajstić information content (AvgIpc) is 2.40. The zero-order valence-corrected chi connectivity index (χ0v) is 10.3. The van der Waals surface area contributed by atoms with Gasteiger partial charge >= 0.3 is 17.8 Å². The van der Waals surface area contributed by atoms with E-state index in [1.54, 1.807) is 24.3 Å². The number of rotatable bonds is 4. The molecule has 1 saturated heterocycles. The van der Waals surface area contributed by atoms with E-state index in [0.29, 0.717) is 25.2 Å². The second kappa shape index (κ2) is 5.51. The minimum atomic E-state index is -0.862. The van der Waals surface area contributed by atoms with Crippen LogP contribution in [0.5, 0.6) is 0 Å². The lowest BCUT2D eigenvalue weighted by Crippen LogP contribution is -2.52. The van der Waals surface area contributed by atoms with E-state index < -0.39 is 17.8 Å². The van der Waals surface area contributed by atoms with Crippen LogP contribution in [0.1, 0.15) is 12.0 Å². The van der Waals surface area contributed by atoms with Crippen LogP contribution in [-0.2, 0) is 20.8 Å². The third kappa shape index (κ3) is 3.09. The Balaban J connectivity index is 2.15. The van der Waals surface area contributed by atoms with E-state index in [4.69, 9.17) is 5.11 Å². The highest BCUT2D eigenvalue weighted by atomic mass is 16.4. The van der Waals surface area contributed by atoms with Gasteiger partial charge in [-0.25, -0.2) is 0 Å². The van der Waals surface area contributed by atoms with Gasteiger partial charge in [0.1, 0.15) is 0 Å². The van der Waals surface area contributed by atoms with Gasteiger partial charge in [0, 0.05) is 25.2 Å². The first-order valence-corrected chi connectivity index (χ1v) is 5.98. The lowest BCUT2D eigenvalue weighted by molar-refractivity contribution is -0.138. The van der Waals surface area contributed by atoms with E-state index in [2.05, 4.69) is 5.32 Å². The zero-order chi connectivity index (χ0) is 13.8. The summed E-state index contributed by atoms with van der Waals surface area (Å²) in [7, 11) is 0. The van der Waals surface area contributed by atoms with Gasteiger partial charge in [-0.15, -0.1) is 0 Å². The molecule has 1 aliphatic heterocycles. The summed E-state index contributed by atoms with van der Waals surface area (Å²) in [6.07, 6.45) is 0.440. The van der Waals surface area contributed by atoms with Crippen molar-refractivity contribution in [3.05, 3.63) is 29.8 Å². The molecule has 0 spiro atoms. The number of carboxylic acid groups (broad SMARTS) is 1. The van der Waals surface area contributed by atoms with E-state index in [1.165, 1.54) is 4.90 Å². The monoisotopic (exact) mass is 262 g/mol. The van der Waals surface area contributed by atoms with Crippen molar-refractivity contribution in [2.75, 3.05) is 18.0 Å². The predicted octanol–water partition coefficient (Wildman–Crippen LogP) is 0.167. The largest absolute Gasteiger partial charge is 0.481 e. The van der Waals surface area contributed by atoms with Crippen LogP contribution < -0.4 is 10.2 Å². The van der Waals surface area contributed by atoms with Crippen LogP contribution in [0.3, 0.4) is 0 Å². The molecular weight excluding hydrogens is 248 g/mol. The molecule has 0 unspecified atom stereocenters. The van der Waals surface area contributed by atoms with Crippen LogP contribution in [0.25, 0.3) is 0 Å². The number of aryl methyl sites for hydroxylation is 1. The number of carbonyl (C=O) groups excluding carboxylic acids is 2. The van der Waals surface area contributed by atoms with E-state index in [1.807, 2.05) is 0 Å². The number of piperazine rings is 1. The van der Waals surface area contributed by atoms with Gasteiger partial charge in [0.25, 0.3) is 0 Å². The highest BCUT2D eigenvalue weighted by molar-refractivity contribution is 6.41. The van der Waals surface area contributed by atoms with Gasteiger partial charge in [-0.05, 0) is 24.1 Å². The lowest BCUT2D eigenvalue weighted by Gasteiger charge is -2.26. The molecule has 19 heavy (non-hydrogen) atoms. The van der Waals surface area contributed by atoms with Crippen LogP contribution in [0.2, 0.25) is 0 Å². The number of carboxylic acids is 1. The molecular formula is C13H14N2O4. The Bertz CT molecular complexity index is 527. The number of nitrogens with one attached hydrogen (secondary N) is 1. The molecule has 1 aromatic carbocycles. The third-order valence-corrected chi connectivity index (χ3v) is 2.91. The Labute approximate surface area is 110 Å². The van der Waals surface area contributed by atoms with E-state index in [-0.39, 0.29) is 6.42 Å². The van der Waals surface area contributed by atoms with Crippen LogP contribution in [-0.4, -0.2) is 36.0 Å². The summed E-state index contributed by atoms with van der Waals surface area (Å²) in [5.74, 6) is -2.05. The topological polar surface area (TPSA) is 86.7 Å². The minimum Gasteiger partial charge on any atom is -0.481 e. The molecule has 0 aliphatic carbocycles. The van der Waals surface area contributed by atoms with Crippen LogP contribution in [0.15, 0.2) is 24.3 Å². The molecule has 0 radical (unpaired) electrons. The van der Waals surface area contributed by atoms with Crippen molar-refractivity contribution in [2.24, 2.45) is 0 Å². The van der Waals surface area contributed by atoms with Crippen molar-refractivity contribution in [1.29, 1.82) is 0 Å². The number of amides is 2. The standard InChI is InChI=1S/C13H14N2O4/c16-11(17)5-4-9-2-1-3-10(8-9)15-7-6-14-12(18)13(15)19/h1-3,8H,4-7H2,(H,14,18)(H,16,17). The van der Waals surface area contributed by atoms with Crippen molar-refractivity contribution in [3.8, 4) is 0 Å². The quantitative estimate of drug-likeness (QED) is 0.757. The number of carbonyl (C=O) groups is 3. The van der Waals surface area contributed by atoms with Crippen molar-refractivity contribution >= 4 is 23.5 Å². The number of nitrogens with zero attached hydrogens (tertiary/aromatic N) is 1. The van der Waals surface area contributed by atoms with Gasteiger partial charge in [-0.1, -0.05) is 12.1 Å². The van der Waals surface area contributed by atoms with Crippen molar-refractivity contribution in [3.63, 3.8) is 0 Å². The number of anilines is 1. The molecule has 2 amide bonds. The summed E-state index contributed by atoms with van der Waals surface area (Å²) in [5.41, 5.74) is 1.46. The van der Waals surface area contributed by atoms with E-state index in [0.717, 1.165) is 5.56 Å². The predicted molar refractivity (Wildman–Crippen MR) is 67.8 cm³/mol. The summed E-state index contributed by atoms with van der Waals surface area (Å²) in [4.78, 5) is 35.0. The summed E-state index contributed by atoms with van der Waals surface area (Å²) in [6.45, 7) is 0.844. The SMILES string of the molecule is O=C(O)CCc1cccc(N2CCNC(=O)C2=O)c1. The molecule has 1 aromatic rings. The Morgan fingerprint density at radius 2 is 2.16 bits per heavy atom. The summed E-state index contributed by atoms with van der Waals surface area (Å²) in [6, 6.07) is 7.05. The first kappa shape index (κ1) is 13.1. The molecule has 1 aliphatic rings. The van der Waals surface area contributed by atoms with E-state index >= 15 is 0 Å². The Morgan fingerprint density at radius 1 is 1.37 bits per heavy atom. The fourth-order valence-electron chi connectivity index (χ4n) is 1.96. The number of hydrogen-bond acceptors (Lipinski definition) is 3. The van der Waals surface area contributed by atoms with Crippen molar-refractivity contribution in [2.45, 2.75) is 12.8 Å². The number of hydrogen-bond donors (Lipinski definition) is 2. The summed E-state index contributed by atoms with van der Waals surface area (Å²) < 4.78 is 0. The first-order chi connectivity index (χ1) is 9.08. The van der Waals surface area contributed by atoms with Gasteiger partial charge in [-0.3, -0.25) is 14.4 Å². The fraction of sp³-hybridized carbons (Fsp3) is 0.308. The van der Waals surface area contributed by atoms with Crippen LogP contribution in [0.4, 0.5) is 5.69 Å². The zero-order valence-electron chi connectivity index (χ0n) is 10.3. The minimum absolute atomic E-state index is 0.0396. The van der Waals surface area contributed by atoms with Gasteiger partial charge in [0.05, 0.1) is 0 Å². The van der Waals surface area contributed by atoms with Gasteiger partial charge in [0.2, 0.25) is 0 Å². The molecule has 1 heterocycles. The van der Waals surface area contributed by atoms with E-state index in [9.17, 15) is 14.4 Å². The lowest BCUT2D eigenvalue weighted by atomic mass is 10.1. The third-order valence-electron chi connectivity index (χ3n) is 2.91. The molecule has 2 N–H and O–H groups in total. The molecule has 0 saturated carbocycles. The maximum absolute atomic E-state index is 11.7. The molecule has 1 fully saturated rings. The Hall–Kier alpha value is -2.37. The van der Waals surface area contributed by atoms with Gasteiger partial charge in [-0.2, -0.15) is 0 Å². The molecule has 0 aromatic heterocycles. The van der Waals surface area contributed by atoms with Crippen LogP contribution in [0, 0.1) is 0 Å². The number of aliphatic carboxylic acids is 1. The average molecular weight is 262 g/mol. The van der Waals surface area contributed by atoms with Crippen molar-refractivity contribution in [1.82, 2.24) is 5.32 Å². The molecule has 6 heteroatoms. The highest BCUT2D eigenvalue weighted by Crippen LogP contribution is 2.18. The molecule has 0 bridgehead atoms. The first-order valence-electron chi connectivity index (χ1n) is 5.98. The number of benzene rings is 1. The molecule has 100 valence electrons. The normalized spacial score (nSPS) is 15.3. The molecule has 0 atom stereocenters. The maximum Gasteiger partial charge on any atom is 0.316 e. The summed E-state index contributed by atoms with van der Waals surface area (Å²) >= 11 is 0. The molecule has 2 rings (SSSR count). The van der Waals surface area contributed by atoms with Crippen LogP contribution >= 0.6 is 0 Å².